The van der Waals surface area contributed by atoms with E-state index in [9.17, 15) is 13.6 Å². The maximum Gasteiger partial charge on any atom is 0.407 e. The molecule has 3 saturated heterocycles. The van der Waals surface area contributed by atoms with Gasteiger partial charge in [0, 0.05) is 29.2 Å². The molecule has 0 saturated carbocycles. The Bertz CT molecular complexity index is 1030. The van der Waals surface area contributed by atoms with Crippen molar-refractivity contribution < 1.29 is 23.0 Å². The molecule has 4 aliphatic heterocycles. The van der Waals surface area contributed by atoms with Gasteiger partial charge in [-0.2, -0.15) is 0 Å². The summed E-state index contributed by atoms with van der Waals surface area (Å²) < 4.78 is 39.4. The molecule has 2 atom stereocenters. The van der Waals surface area contributed by atoms with Gasteiger partial charge < -0.3 is 14.8 Å². The standard InChI is InChI=1S/C25H28F2N2O3/c1-25(2)14-31-21-11-16(18-6-4-17(26)12-20(18)27)3-5-19(21)23(25)28-24(30)32-22-13-29-9-7-15(22)8-10-29/h3-6,11-12,15,22-23H,7-10,13-14H2,1-2H3,(H,28,30)/t22-,23?/m1/s1. The Balaban J connectivity index is 1.36. The molecule has 1 unspecified atom stereocenters. The molecule has 1 amide bonds. The van der Waals surface area contributed by atoms with E-state index in [0.29, 0.717) is 29.4 Å². The lowest BCUT2D eigenvalue weighted by Crippen LogP contribution is -2.53. The molecule has 0 radical (unpaired) electrons. The van der Waals surface area contributed by atoms with Crippen LogP contribution in [0.15, 0.2) is 36.4 Å². The quantitative estimate of drug-likeness (QED) is 0.734. The Kier molecular flexibility index (Phi) is 5.32. The fourth-order valence-electron chi connectivity index (χ4n) is 5.16. The number of rotatable bonds is 3. The van der Waals surface area contributed by atoms with Crippen LogP contribution in [0.25, 0.3) is 11.1 Å². The van der Waals surface area contributed by atoms with Crippen molar-refractivity contribution in [3.05, 3.63) is 53.6 Å². The molecule has 0 aliphatic carbocycles. The lowest BCUT2D eigenvalue weighted by atomic mass is 9.78. The molecule has 4 aliphatic rings. The molecule has 7 heteroatoms. The number of alkyl carbamates (subject to hydrolysis) is 1. The van der Waals surface area contributed by atoms with Crippen LogP contribution in [0.3, 0.4) is 0 Å². The predicted octanol–water partition coefficient (Wildman–Crippen LogP) is 4.91. The number of benzene rings is 2. The van der Waals surface area contributed by atoms with E-state index in [1.165, 1.54) is 12.1 Å². The first-order chi connectivity index (χ1) is 15.3. The van der Waals surface area contributed by atoms with Gasteiger partial charge in [-0.15, -0.1) is 0 Å². The topological polar surface area (TPSA) is 50.8 Å². The maximum atomic E-state index is 14.3. The van der Waals surface area contributed by atoms with Gasteiger partial charge in [-0.05, 0) is 55.6 Å². The molecular weight excluding hydrogens is 414 g/mol. The third-order valence-electron chi connectivity index (χ3n) is 7.06. The Morgan fingerprint density at radius 2 is 1.94 bits per heavy atom. The molecule has 0 aromatic heterocycles. The molecule has 170 valence electrons. The van der Waals surface area contributed by atoms with Gasteiger partial charge in [0.1, 0.15) is 23.5 Å². The zero-order valence-corrected chi connectivity index (χ0v) is 18.4. The predicted molar refractivity (Wildman–Crippen MR) is 116 cm³/mol. The summed E-state index contributed by atoms with van der Waals surface area (Å²) in [5.41, 5.74) is 1.35. The molecule has 1 N–H and O–H groups in total. The first-order valence-electron chi connectivity index (χ1n) is 11.2. The number of nitrogens with zero attached hydrogens (tertiary/aromatic N) is 1. The fourth-order valence-corrected chi connectivity index (χ4v) is 5.16. The minimum atomic E-state index is -0.628. The molecule has 3 fully saturated rings. The summed E-state index contributed by atoms with van der Waals surface area (Å²) in [5, 5.41) is 3.07. The number of piperidine rings is 3. The highest BCUT2D eigenvalue weighted by molar-refractivity contribution is 5.70. The third kappa shape index (κ3) is 3.94. The van der Waals surface area contributed by atoms with Gasteiger partial charge in [-0.25, -0.2) is 13.6 Å². The molecule has 6 rings (SSSR count). The number of hydrogen-bond donors (Lipinski definition) is 1. The molecule has 4 heterocycles. The Hall–Kier alpha value is -2.67. The van der Waals surface area contributed by atoms with Crippen LogP contribution in [0.1, 0.15) is 38.3 Å². The zero-order valence-electron chi connectivity index (χ0n) is 18.4. The van der Waals surface area contributed by atoms with E-state index in [1.54, 1.807) is 12.1 Å². The minimum Gasteiger partial charge on any atom is -0.493 e. The fraction of sp³-hybridized carbons (Fsp3) is 0.480. The average Bonchev–Trinajstić information content (AvgIpc) is 2.76. The number of fused-ring (bicyclic) bond motifs is 4. The third-order valence-corrected chi connectivity index (χ3v) is 7.06. The second kappa shape index (κ2) is 8.03. The van der Waals surface area contributed by atoms with Crippen molar-refractivity contribution in [1.82, 2.24) is 10.2 Å². The van der Waals surface area contributed by atoms with E-state index < -0.39 is 17.7 Å². The number of halogens is 2. The van der Waals surface area contributed by atoms with Crippen molar-refractivity contribution in [2.75, 3.05) is 26.2 Å². The highest BCUT2D eigenvalue weighted by atomic mass is 19.1. The van der Waals surface area contributed by atoms with Gasteiger partial charge in [0.2, 0.25) is 0 Å². The smallest absolute Gasteiger partial charge is 0.407 e. The van der Waals surface area contributed by atoms with Gasteiger partial charge in [-0.1, -0.05) is 26.0 Å². The number of carbonyl (C=O) groups excluding carboxylic acids is 1. The van der Waals surface area contributed by atoms with Crippen molar-refractivity contribution in [1.29, 1.82) is 0 Å². The van der Waals surface area contributed by atoms with Crippen LogP contribution in [-0.2, 0) is 4.74 Å². The number of nitrogens with one attached hydrogen (secondary N) is 1. The van der Waals surface area contributed by atoms with E-state index in [4.69, 9.17) is 9.47 Å². The summed E-state index contributed by atoms with van der Waals surface area (Å²) in [6.07, 6.45) is 1.67. The lowest BCUT2D eigenvalue weighted by molar-refractivity contribution is -0.0361. The van der Waals surface area contributed by atoms with Gasteiger partial charge in [0.15, 0.2) is 0 Å². The average molecular weight is 443 g/mol. The normalized spacial score (nSPS) is 27.9. The van der Waals surface area contributed by atoms with E-state index in [0.717, 1.165) is 44.1 Å². The molecule has 0 spiro atoms. The van der Waals surface area contributed by atoms with Crippen LogP contribution < -0.4 is 10.1 Å². The van der Waals surface area contributed by atoms with Crippen molar-refractivity contribution in [3.8, 4) is 16.9 Å². The number of carbonyl (C=O) groups is 1. The van der Waals surface area contributed by atoms with E-state index in [1.807, 2.05) is 19.9 Å². The van der Waals surface area contributed by atoms with Gasteiger partial charge in [0.25, 0.3) is 0 Å². The van der Waals surface area contributed by atoms with Crippen molar-refractivity contribution in [3.63, 3.8) is 0 Å². The van der Waals surface area contributed by atoms with Gasteiger partial charge in [-0.3, -0.25) is 4.90 Å². The van der Waals surface area contributed by atoms with Crippen molar-refractivity contribution in [2.45, 2.75) is 38.8 Å². The summed E-state index contributed by atoms with van der Waals surface area (Å²) >= 11 is 0. The largest absolute Gasteiger partial charge is 0.493 e. The van der Waals surface area contributed by atoms with Crippen LogP contribution in [0, 0.1) is 23.0 Å². The molecule has 5 nitrogen and oxygen atoms in total. The SMILES string of the molecule is CC1(C)COc2cc(-c3ccc(F)cc3F)ccc2C1NC(=O)O[C@@H]1CN2CCC1CC2. The summed E-state index contributed by atoms with van der Waals surface area (Å²) in [5.74, 6) is -0.225. The lowest BCUT2D eigenvalue weighted by Gasteiger charge is -2.44. The molecular formula is C25H28F2N2O3. The molecule has 32 heavy (non-hydrogen) atoms. The molecule has 2 aromatic carbocycles. The maximum absolute atomic E-state index is 14.3. The Labute approximate surface area is 186 Å². The van der Waals surface area contributed by atoms with Crippen LogP contribution in [0.5, 0.6) is 5.75 Å². The second-order valence-corrected chi connectivity index (χ2v) is 9.81. The van der Waals surface area contributed by atoms with Crippen molar-refractivity contribution in [2.24, 2.45) is 11.3 Å². The molecule has 2 aromatic rings. The van der Waals surface area contributed by atoms with Gasteiger partial charge >= 0.3 is 6.09 Å². The number of amides is 1. The van der Waals surface area contributed by atoms with E-state index in [-0.39, 0.29) is 17.6 Å². The summed E-state index contributed by atoms with van der Waals surface area (Å²) in [7, 11) is 0. The van der Waals surface area contributed by atoms with Crippen LogP contribution >= 0.6 is 0 Å². The molecule has 2 bridgehead atoms. The summed E-state index contributed by atoms with van der Waals surface area (Å²) in [6.45, 7) is 7.43. The van der Waals surface area contributed by atoms with Gasteiger partial charge in [0.05, 0.1) is 12.6 Å². The highest BCUT2D eigenvalue weighted by Crippen LogP contribution is 2.44. The first kappa shape index (κ1) is 21.2. The summed E-state index contributed by atoms with van der Waals surface area (Å²) in [6, 6.07) is 8.56. The zero-order chi connectivity index (χ0) is 22.5. The number of ether oxygens (including phenoxy) is 2. The van der Waals surface area contributed by atoms with E-state index in [2.05, 4.69) is 10.2 Å². The Morgan fingerprint density at radius 3 is 2.62 bits per heavy atom. The Morgan fingerprint density at radius 1 is 1.16 bits per heavy atom. The van der Waals surface area contributed by atoms with Crippen LogP contribution in [-0.4, -0.2) is 43.3 Å². The number of hydrogen-bond acceptors (Lipinski definition) is 4. The van der Waals surface area contributed by atoms with Crippen molar-refractivity contribution >= 4 is 6.09 Å². The minimum absolute atomic E-state index is 0.0660. The van der Waals surface area contributed by atoms with E-state index >= 15 is 0 Å². The van der Waals surface area contributed by atoms with Crippen LogP contribution in [0.2, 0.25) is 0 Å². The van der Waals surface area contributed by atoms with Crippen LogP contribution in [0.4, 0.5) is 13.6 Å². The highest BCUT2D eigenvalue weighted by Gasteiger charge is 2.41. The second-order valence-electron chi connectivity index (χ2n) is 9.81. The monoisotopic (exact) mass is 442 g/mol. The summed E-state index contributed by atoms with van der Waals surface area (Å²) in [4.78, 5) is 15.2. The first-order valence-corrected chi connectivity index (χ1v) is 11.2.